The van der Waals surface area contributed by atoms with Gasteiger partial charge in [0.2, 0.25) is 0 Å². The summed E-state index contributed by atoms with van der Waals surface area (Å²) in [6, 6.07) is 1.16. The van der Waals surface area contributed by atoms with Crippen LogP contribution in [0.15, 0.2) is 0 Å². The smallest absolute Gasteiger partial charge is 0.407 e. The van der Waals surface area contributed by atoms with Gasteiger partial charge in [0.25, 0.3) is 0 Å². The molecule has 6 heteroatoms. The van der Waals surface area contributed by atoms with Crippen molar-refractivity contribution in [2.75, 3.05) is 11.5 Å². The van der Waals surface area contributed by atoms with E-state index in [0.29, 0.717) is 12.1 Å². The van der Waals surface area contributed by atoms with Crippen LogP contribution in [0.3, 0.4) is 0 Å². The van der Waals surface area contributed by atoms with Gasteiger partial charge in [-0.1, -0.05) is 0 Å². The lowest BCUT2D eigenvalue weighted by atomic mass is 10.1. The van der Waals surface area contributed by atoms with Crippen LogP contribution in [0, 0.1) is 0 Å². The monoisotopic (exact) mass is 316 g/mol. The molecule has 0 aromatic rings. The van der Waals surface area contributed by atoms with Crippen molar-refractivity contribution in [2.45, 2.75) is 76.6 Å². The lowest BCUT2D eigenvalue weighted by Gasteiger charge is -2.26. The van der Waals surface area contributed by atoms with Crippen molar-refractivity contribution in [3.05, 3.63) is 0 Å². The predicted molar refractivity (Wildman–Crippen MR) is 84.8 cm³/mol. The average Bonchev–Trinajstić information content (AvgIpc) is 2.77. The van der Waals surface area contributed by atoms with E-state index in [0.717, 1.165) is 43.6 Å². The number of carbonyl (C=O) groups is 1. The normalized spacial score (nSPS) is 33.7. The average molecular weight is 316 g/mol. The van der Waals surface area contributed by atoms with E-state index in [-0.39, 0.29) is 12.1 Å². The zero-order valence-electron chi connectivity index (χ0n) is 13.3. The third-order valence-corrected chi connectivity index (χ3v) is 5.39. The SMILES string of the molecule is CC(C)(C)OC(=O)NC1CCC(NC2CCS(=O)CC2)C1. The number of nitrogens with one attached hydrogen (secondary N) is 2. The molecule has 0 aromatic carbocycles. The van der Waals surface area contributed by atoms with Gasteiger partial charge in [0.05, 0.1) is 0 Å². The Labute approximate surface area is 130 Å². The topological polar surface area (TPSA) is 67.4 Å². The number of carbonyl (C=O) groups excluding carboxylic acids is 1. The highest BCUT2D eigenvalue weighted by Gasteiger charge is 2.29. The fourth-order valence-electron chi connectivity index (χ4n) is 3.03. The standard InChI is InChI=1S/C15H28N2O3S/c1-15(2,3)20-14(18)17-13-5-4-12(10-13)16-11-6-8-21(19)9-7-11/h11-13,16H,4-10H2,1-3H3,(H,17,18). The van der Waals surface area contributed by atoms with Crippen molar-refractivity contribution >= 4 is 16.9 Å². The van der Waals surface area contributed by atoms with Gasteiger partial charge in [-0.25, -0.2) is 4.79 Å². The summed E-state index contributed by atoms with van der Waals surface area (Å²) in [4.78, 5) is 11.8. The highest BCUT2D eigenvalue weighted by molar-refractivity contribution is 7.85. The Morgan fingerprint density at radius 3 is 2.29 bits per heavy atom. The maximum atomic E-state index is 11.8. The van der Waals surface area contributed by atoms with Crippen LogP contribution in [0.4, 0.5) is 4.79 Å². The summed E-state index contributed by atoms with van der Waals surface area (Å²) >= 11 is 0. The number of amides is 1. The molecule has 1 aliphatic carbocycles. The molecule has 1 aliphatic heterocycles. The number of hydrogen-bond acceptors (Lipinski definition) is 4. The van der Waals surface area contributed by atoms with Gasteiger partial charge in [-0.05, 0) is 52.9 Å². The Kier molecular flexibility index (Phi) is 5.66. The molecule has 0 radical (unpaired) electrons. The second kappa shape index (κ2) is 7.09. The molecule has 1 saturated heterocycles. The fraction of sp³-hybridized carbons (Fsp3) is 0.933. The maximum Gasteiger partial charge on any atom is 0.407 e. The van der Waals surface area contributed by atoms with Crippen LogP contribution in [0.25, 0.3) is 0 Å². The van der Waals surface area contributed by atoms with E-state index < -0.39 is 16.4 Å². The second-order valence-corrected chi connectivity index (χ2v) is 8.84. The summed E-state index contributed by atoms with van der Waals surface area (Å²) in [5, 5.41) is 6.62. The molecule has 2 N–H and O–H groups in total. The van der Waals surface area contributed by atoms with Crippen LogP contribution in [0.5, 0.6) is 0 Å². The van der Waals surface area contributed by atoms with Crippen LogP contribution < -0.4 is 10.6 Å². The third kappa shape index (κ3) is 5.94. The summed E-state index contributed by atoms with van der Waals surface area (Å²) in [5.74, 6) is 1.65. The molecule has 2 unspecified atom stereocenters. The molecule has 0 aromatic heterocycles. The summed E-state index contributed by atoms with van der Waals surface area (Å²) in [7, 11) is -0.602. The van der Waals surface area contributed by atoms with Crippen molar-refractivity contribution in [1.82, 2.24) is 10.6 Å². The summed E-state index contributed by atoms with van der Waals surface area (Å²) in [6.45, 7) is 5.62. The molecule has 2 atom stereocenters. The molecule has 2 rings (SSSR count). The van der Waals surface area contributed by atoms with Crippen LogP contribution in [0.1, 0.15) is 52.9 Å². The second-order valence-electron chi connectivity index (χ2n) is 7.14. The maximum absolute atomic E-state index is 11.8. The minimum Gasteiger partial charge on any atom is -0.444 e. The minimum absolute atomic E-state index is 0.204. The molecule has 1 amide bonds. The van der Waals surface area contributed by atoms with Crippen molar-refractivity contribution in [2.24, 2.45) is 0 Å². The van der Waals surface area contributed by atoms with E-state index in [4.69, 9.17) is 4.74 Å². The van der Waals surface area contributed by atoms with E-state index in [1.165, 1.54) is 0 Å². The Bertz CT molecular complexity index is 385. The van der Waals surface area contributed by atoms with E-state index in [9.17, 15) is 9.00 Å². The molecular weight excluding hydrogens is 288 g/mol. The van der Waals surface area contributed by atoms with Gasteiger partial charge in [-0.2, -0.15) is 0 Å². The van der Waals surface area contributed by atoms with Crippen molar-refractivity contribution < 1.29 is 13.7 Å². The molecule has 122 valence electrons. The van der Waals surface area contributed by atoms with Gasteiger partial charge in [0.1, 0.15) is 5.60 Å². The summed E-state index contributed by atoms with van der Waals surface area (Å²) in [5.41, 5.74) is -0.446. The molecule has 1 heterocycles. The Morgan fingerprint density at radius 1 is 1.05 bits per heavy atom. The molecule has 1 saturated carbocycles. The third-order valence-electron chi connectivity index (χ3n) is 4.01. The van der Waals surface area contributed by atoms with Crippen LogP contribution in [-0.2, 0) is 15.5 Å². The first-order valence-corrected chi connectivity index (χ1v) is 9.41. The van der Waals surface area contributed by atoms with Crippen molar-refractivity contribution in [3.63, 3.8) is 0 Å². The molecule has 0 bridgehead atoms. The van der Waals surface area contributed by atoms with Crippen LogP contribution in [-0.4, -0.2) is 45.5 Å². The predicted octanol–water partition coefficient (Wildman–Crippen LogP) is 1.93. The molecule has 2 aliphatic rings. The zero-order chi connectivity index (χ0) is 15.5. The van der Waals surface area contributed by atoms with Crippen LogP contribution >= 0.6 is 0 Å². The largest absolute Gasteiger partial charge is 0.444 e. The number of ether oxygens (including phenoxy) is 1. The van der Waals surface area contributed by atoms with Gasteiger partial charge in [-0.3, -0.25) is 4.21 Å². The minimum atomic E-state index is -0.602. The van der Waals surface area contributed by atoms with E-state index in [1.54, 1.807) is 0 Å². The Morgan fingerprint density at radius 2 is 1.67 bits per heavy atom. The summed E-state index contributed by atoms with van der Waals surface area (Å²) in [6.07, 6.45) is 4.73. The summed E-state index contributed by atoms with van der Waals surface area (Å²) < 4.78 is 16.6. The highest BCUT2D eigenvalue weighted by Crippen LogP contribution is 2.22. The van der Waals surface area contributed by atoms with Gasteiger partial charge >= 0.3 is 6.09 Å². The first kappa shape index (κ1) is 16.7. The number of rotatable bonds is 3. The first-order valence-electron chi connectivity index (χ1n) is 7.92. The van der Waals surface area contributed by atoms with Crippen molar-refractivity contribution in [1.29, 1.82) is 0 Å². The number of alkyl carbamates (subject to hydrolysis) is 1. The molecule has 21 heavy (non-hydrogen) atoms. The molecular formula is C15H28N2O3S. The number of hydrogen-bond donors (Lipinski definition) is 2. The Hall–Kier alpha value is -0.620. The van der Waals surface area contributed by atoms with E-state index in [2.05, 4.69) is 10.6 Å². The molecule has 0 spiro atoms. The van der Waals surface area contributed by atoms with Crippen molar-refractivity contribution in [3.8, 4) is 0 Å². The highest BCUT2D eigenvalue weighted by atomic mass is 32.2. The zero-order valence-corrected chi connectivity index (χ0v) is 14.1. The van der Waals surface area contributed by atoms with Gasteiger partial charge in [0, 0.05) is 40.4 Å². The van der Waals surface area contributed by atoms with E-state index >= 15 is 0 Å². The van der Waals surface area contributed by atoms with Gasteiger partial charge in [-0.15, -0.1) is 0 Å². The van der Waals surface area contributed by atoms with Gasteiger partial charge < -0.3 is 15.4 Å². The lowest BCUT2D eigenvalue weighted by molar-refractivity contribution is 0.0505. The first-order chi connectivity index (χ1) is 9.82. The Balaban J connectivity index is 1.68. The van der Waals surface area contributed by atoms with Crippen LogP contribution in [0.2, 0.25) is 0 Å². The lowest BCUT2D eigenvalue weighted by Crippen LogP contribution is -2.42. The molecule has 2 fully saturated rings. The fourth-order valence-corrected chi connectivity index (χ4v) is 4.33. The quantitative estimate of drug-likeness (QED) is 0.835. The molecule has 5 nitrogen and oxygen atoms in total. The van der Waals surface area contributed by atoms with E-state index in [1.807, 2.05) is 20.8 Å². The van der Waals surface area contributed by atoms with Gasteiger partial charge in [0.15, 0.2) is 0 Å².